The third-order valence-corrected chi connectivity index (χ3v) is 0.645. The van der Waals surface area contributed by atoms with Crippen LogP contribution >= 0.6 is 0 Å². The van der Waals surface area contributed by atoms with Crippen LogP contribution in [0.2, 0.25) is 0 Å². The minimum absolute atomic E-state index is 0.260. The van der Waals surface area contributed by atoms with Crippen LogP contribution in [0.15, 0.2) is 5.11 Å². The molecule has 0 rings (SSSR count). The molecule has 0 heterocycles. The van der Waals surface area contributed by atoms with Crippen molar-refractivity contribution < 1.29 is 4.74 Å². The summed E-state index contributed by atoms with van der Waals surface area (Å²) < 4.78 is 4.83. The molecule has 0 atom stereocenters. The molecular weight excluding hydrogens is 120 g/mol. The van der Waals surface area contributed by atoms with Crippen molar-refractivity contribution >= 4 is 0 Å². The number of hydrogen-bond donors (Lipinski definition) is 0. The lowest BCUT2D eigenvalue weighted by Gasteiger charge is -1.95. The standard InChI is InChI=1S/C4H9N4O/c5-1-3-9-4-2-7-8-6/h5H,1-4H2. The molecule has 0 aliphatic heterocycles. The molecule has 0 aliphatic rings. The van der Waals surface area contributed by atoms with Gasteiger partial charge in [-0.05, 0) is 5.53 Å². The monoisotopic (exact) mass is 129 g/mol. The highest BCUT2D eigenvalue weighted by atomic mass is 16.5. The predicted octanol–water partition coefficient (Wildman–Crippen LogP) is 0.596. The number of nitrogens with one attached hydrogen (secondary N) is 1. The molecule has 0 aliphatic carbocycles. The minimum Gasteiger partial charge on any atom is -0.380 e. The summed E-state index contributed by atoms with van der Waals surface area (Å²) in [5.41, 5.74) is 14.4. The normalized spacial score (nSPS) is 8.56. The van der Waals surface area contributed by atoms with Gasteiger partial charge < -0.3 is 4.74 Å². The highest BCUT2D eigenvalue weighted by Gasteiger charge is 1.81. The smallest absolute Gasteiger partial charge is 0.0604 e. The Morgan fingerprint density at radius 2 is 2.33 bits per heavy atom. The molecule has 1 radical (unpaired) electrons. The van der Waals surface area contributed by atoms with E-state index in [0.29, 0.717) is 19.8 Å². The van der Waals surface area contributed by atoms with Crippen LogP contribution in [0.25, 0.3) is 10.4 Å². The summed E-state index contributed by atoms with van der Waals surface area (Å²) in [6.07, 6.45) is 0. The molecule has 51 valence electrons. The van der Waals surface area contributed by atoms with Crippen LogP contribution in [0.4, 0.5) is 0 Å². The first-order valence-electron chi connectivity index (χ1n) is 2.65. The fourth-order valence-corrected chi connectivity index (χ4v) is 0.324. The molecule has 0 aromatic heterocycles. The molecule has 0 fully saturated rings. The minimum atomic E-state index is 0.260. The third-order valence-electron chi connectivity index (χ3n) is 0.645. The van der Waals surface area contributed by atoms with Gasteiger partial charge in [0.15, 0.2) is 0 Å². The summed E-state index contributed by atoms with van der Waals surface area (Å²) in [7, 11) is 0. The maximum absolute atomic E-state index is 7.79. The van der Waals surface area contributed by atoms with Gasteiger partial charge in [-0.1, -0.05) is 5.11 Å². The van der Waals surface area contributed by atoms with Crippen LogP contribution in [-0.2, 0) is 4.74 Å². The molecular formula is C4H9N4O. The Labute approximate surface area is 53.4 Å². The zero-order valence-corrected chi connectivity index (χ0v) is 5.08. The molecule has 1 N–H and O–H groups in total. The number of hydrogen-bond acceptors (Lipinski definition) is 2. The summed E-state index contributed by atoms with van der Waals surface area (Å²) in [5.74, 6) is 0. The van der Waals surface area contributed by atoms with Crippen molar-refractivity contribution in [2.24, 2.45) is 5.11 Å². The van der Waals surface area contributed by atoms with Crippen molar-refractivity contribution in [1.82, 2.24) is 5.73 Å². The van der Waals surface area contributed by atoms with Gasteiger partial charge in [-0.25, -0.2) is 0 Å². The Bertz CT molecular complexity index is 98.7. The van der Waals surface area contributed by atoms with Gasteiger partial charge in [0.05, 0.1) is 13.2 Å². The molecule has 0 spiro atoms. The van der Waals surface area contributed by atoms with Crippen molar-refractivity contribution in [1.29, 1.82) is 0 Å². The van der Waals surface area contributed by atoms with Crippen LogP contribution in [0.1, 0.15) is 0 Å². The lowest BCUT2D eigenvalue weighted by atomic mass is 10.7. The van der Waals surface area contributed by atoms with Crippen LogP contribution < -0.4 is 5.73 Å². The van der Waals surface area contributed by atoms with E-state index in [-0.39, 0.29) is 6.54 Å². The fourth-order valence-electron chi connectivity index (χ4n) is 0.324. The fraction of sp³-hybridized carbons (Fsp3) is 1.00. The van der Waals surface area contributed by atoms with Gasteiger partial charge in [-0.2, -0.15) is 0 Å². The van der Waals surface area contributed by atoms with Crippen LogP contribution in [0.5, 0.6) is 0 Å². The molecule has 0 aromatic rings. The largest absolute Gasteiger partial charge is 0.380 e. The van der Waals surface area contributed by atoms with E-state index in [4.69, 9.17) is 16.0 Å². The molecule has 9 heavy (non-hydrogen) atoms. The van der Waals surface area contributed by atoms with Crippen molar-refractivity contribution in [3.05, 3.63) is 10.4 Å². The second kappa shape index (κ2) is 7.23. The van der Waals surface area contributed by atoms with E-state index in [1.807, 2.05) is 0 Å². The highest BCUT2D eigenvalue weighted by Crippen LogP contribution is 1.74. The molecule has 0 unspecified atom stereocenters. The molecule has 5 heteroatoms. The maximum Gasteiger partial charge on any atom is 0.0604 e. The average molecular weight is 129 g/mol. The Kier molecular flexibility index (Phi) is 6.61. The first kappa shape index (κ1) is 8.23. The van der Waals surface area contributed by atoms with E-state index in [2.05, 4.69) is 10.0 Å². The second-order valence-electron chi connectivity index (χ2n) is 1.32. The Morgan fingerprint density at radius 1 is 1.56 bits per heavy atom. The first-order chi connectivity index (χ1) is 4.41. The lowest BCUT2D eigenvalue weighted by molar-refractivity contribution is 0.148. The van der Waals surface area contributed by atoms with Gasteiger partial charge in [0.25, 0.3) is 0 Å². The van der Waals surface area contributed by atoms with Gasteiger partial charge in [0.2, 0.25) is 0 Å². The maximum atomic E-state index is 7.79. The van der Waals surface area contributed by atoms with E-state index in [1.54, 1.807) is 0 Å². The van der Waals surface area contributed by atoms with Crippen molar-refractivity contribution in [3.8, 4) is 0 Å². The second-order valence-corrected chi connectivity index (χ2v) is 1.32. The van der Waals surface area contributed by atoms with E-state index in [0.717, 1.165) is 0 Å². The van der Waals surface area contributed by atoms with Gasteiger partial charge in [0, 0.05) is 18.0 Å². The van der Waals surface area contributed by atoms with Gasteiger partial charge >= 0.3 is 0 Å². The topological polar surface area (TPSA) is 81.8 Å². The van der Waals surface area contributed by atoms with Crippen molar-refractivity contribution in [2.45, 2.75) is 0 Å². The molecule has 0 amide bonds. The van der Waals surface area contributed by atoms with Crippen LogP contribution in [-0.4, -0.2) is 26.3 Å². The Hall–Kier alpha value is -0.770. The zero-order valence-electron chi connectivity index (χ0n) is 5.08. The van der Waals surface area contributed by atoms with E-state index < -0.39 is 0 Å². The average Bonchev–Trinajstić information content (AvgIpc) is 1.89. The summed E-state index contributed by atoms with van der Waals surface area (Å²) >= 11 is 0. The summed E-state index contributed by atoms with van der Waals surface area (Å²) in [6.45, 7) is 1.46. The summed E-state index contributed by atoms with van der Waals surface area (Å²) in [5, 5.41) is 3.24. The highest BCUT2D eigenvalue weighted by molar-refractivity contribution is 4.43. The van der Waals surface area contributed by atoms with Gasteiger partial charge in [-0.15, -0.1) is 0 Å². The molecule has 0 bridgehead atoms. The third kappa shape index (κ3) is 7.23. The molecule has 0 aromatic carbocycles. The quantitative estimate of drug-likeness (QED) is 0.231. The zero-order chi connectivity index (χ0) is 6.95. The van der Waals surface area contributed by atoms with E-state index in [9.17, 15) is 0 Å². The SMILES string of the molecule is [N-]=[N+]=NCCOCC[NH]. The van der Waals surface area contributed by atoms with Crippen molar-refractivity contribution in [3.63, 3.8) is 0 Å². The van der Waals surface area contributed by atoms with E-state index >= 15 is 0 Å². The molecule has 5 nitrogen and oxygen atoms in total. The van der Waals surface area contributed by atoms with Crippen molar-refractivity contribution in [2.75, 3.05) is 26.3 Å². The lowest BCUT2D eigenvalue weighted by Crippen LogP contribution is -2.03. The predicted molar refractivity (Wildman–Crippen MR) is 32.8 cm³/mol. The summed E-state index contributed by atoms with van der Waals surface area (Å²) in [6, 6.07) is 0. The Morgan fingerprint density at radius 3 is 2.89 bits per heavy atom. The number of ether oxygens (including phenoxy) is 1. The molecule has 0 saturated heterocycles. The van der Waals surface area contributed by atoms with Gasteiger partial charge in [0.1, 0.15) is 0 Å². The number of nitrogens with zero attached hydrogens (tertiary/aromatic N) is 3. The van der Waals surface area contributed by atoms with Gasteiger partial charge in [-0.3, -0.25) is 5.73 Å². The Balaban J connectivity index is 2.82. The van der Waals surface area contributed by atoms with Crippen LogP contribution in [0.3, 0.4) is 0 Å². The molecule has 0 saturated carbocycles. The van der Waals surface area contributed by atoms with Crippen LogP contribution in [0, 0.1) is 0 Å². The number of rotatable bonds is 5. The summed E-state index contributed by atoms with van der Waals surface area (Å²) in [4.78, 5) is 2.53. The van der Waals surface area contributed by atoms with E-state index in [1.165, 1.54) is 0 Å². The first-order valence-corrected chi connectivity index (χ1v) is 2.65. The number of azide groups is 1.